The summed E-state index contributed by atoms with van der Waals surface area (Å²) in [6.45, 7) is 5.83. The number of ether oxygens (including phenoxy) is 3. The lowest BCUT2D eigenvalue weighted by Gasteiger charge is -2.22. The predicted octanol–water partition coefficient (Wildman–Crippen LogP) is 2.71. The summed E-state index contributed by atoms with van der Waals surface area (Å²) in [5, 5.41) is 2.56. The second kappa shape index (κ2) is 5.50. The lowest BCUT2D eigenvalue weighted by atomic mass is 10.1. The standard InChI is InChI=1S/C14H17NO5/c1-14(2,3)20-13(17)15-11-4-10-7-18-8-19-12(10)5-9(11)6-16/h4-6H,7-8H2,1-3H3,(H,15,17). The molecule has 108 valence electrons. The zero-order valence-corrected chi connectivity index (χ0v) is 11.7. The number of hydrogen-bond donors (Lipinski definition) is 1. The summed E-state index contributed by atoms with van der Waals surface area (Å²) >= 11 is 0. The molecule has 0 aliphatic carbocycles. The summed E-state index contributed by atoms with van der Waals surface area (Å²) in [6, 6.07) is 3.24. The summed E-state index contributed by atoms with van der Waals surface area (Å²) in [5.74, 6) is 0.591. The normalized spacial score (nSPS) is 13.9. The molecule has 0 bridgehead atoms. The molecule has 0 saturated heterocycles. The third-order valence-electron chi connectivity index (χ3n) is 2.55. The van der Waals surface area contributed by atoms with E-state index < -0.39 is 11.7 Å². The molecular weight excluding hydrogens is 262 g/mol. The molecular formula is C14H17NO5. The first-order chi connectivity index (χ1) is 9.39. The molecule has 1 aromatic rings. The number of carbonyl (C=O) groups is 2. The van der Waals surface area contributed by atoms with Gasteiger partial charge in [-0.2, -0.15) is 0 Å². The summed E-state index contributed by atoms with van der Waals surface area (Å²) in [7, 11) is 0. The first kappa shape index (κ1) is 14.3. The van der Waals surface area contributed by atoms with Crippen molar-refractivity contribution in [3.63, 3.8) is 0 Å². The number of benzene rings is 1. The average Bonchev–Trinajstić information content (AvgIpc) is 2.35. The van der Waals surface area contributed by atoms with E-state index in [0.717, 1.165) is 5.56 Å². The van der Waals surface area contributed by atoms with Crippen LogP contribution in [0.5, 0.6) is 5.75 Å². The van der Waals surface area contributed by atoms with Crippen LogP contribution in [-0.4, -0.2) is 24.8 Å². The van der Waals surface area contributed by atoms with Crippen molar-refractivity contribution in [2.45, 2.75) is 33.0 Å². The van der Waals surface area contributed by atoms with Crippen LogP contribution in [0.4, 0.5) is 10.5 Å². The highest BCUT2D eigenvalue weighted by Crippen LogP contribution is 2.29. The monoisotopic (exact) mass is 279 g/mol. The van der Waals surface area contributed by atoms with Crippen molar-refractivity contribution in [3.05, 3.63) is 23.3 Å². The Morgan fingerprint density at radius 2 is 2.15 bits per heavy atom. The molecule has 1 heterocycles. The lowest BCUT2D eigenvalue weighted by Crippen LogP contribution is -2.27. The summed E-state index contributed by atoms with van der Waals surface area (Å²) in [4.78, 5) is 22.9. The minimum atomic E-state index is -0.613. The maximum Gasteiger partial charge on any atom is 0.412 e. The molecule has 1 aromatic carbocycles. The van der Waals surface area contributed by atoms with Gasteiger partial charge in [0.25, 0.3) is 0 Å². The van der Waals surface area contributed by atoms with Crippen LogP contribution in [0.2, 0.25) is 0 Å². The number of rotatable bonds is 2. The van der Waals surface area contributed by atoms with Crippen LogP contribution < -0.4 is 10.1 Å². The largest absolute Gasteiger partial charge is 0.467 e. The molecule has 0 aromatic heterocycles. The minimum Gasteiger partial charge on any atom is -0.467 e. The van der Waals surface area contributed by atoms with Crippen molar-refractivity contribution in [3.8, 4) is 5.75 Å². The van der Waals surface area contributed by atoms with Crippen molar-refractivity contribution < 1.29 is 23.8 Å². The Kier molecular flexibility index (Phi) is 3.94. The van der Waals surface area contributed by atoms with Gasteiger partial charge >= 0.3 is 6.09 Å². The van der Waals surface area contributed by atoms with E-state index in [1.807, 2.05) is 0 Å². The fraction of sp³-hybridized carbons (Fsp3) is 0.429. The quantitative estimate of drug-likeness (QED) is 0.842. The predicted molar refractivity (Wildman–Crippen MR) is 72.0 cm³/mol. The maximum absolute atomic E-state index is 11.8. The van der Waals surface area contributed by atoms with Crippen LogP contribution in [0.3, 0.4) is 0 Å². The molecule has 0 saturated carbocycles. The van der Waals surface area contributed by atoms with Crippen molar-refractivity contribution in [1.29, 1.82) is 0 Å². The van der Waals surface area contributed by atoms with E-state index in [2.05, 4.69) is 5.32 Å². The zero-order chi connectivity index (χ0) is 14.8. The van der Waals surface area contributed by atoms with Gasteiger partial charge in [-0.25, -0.2) is 4.79 Å². The van der Waals surface area contributed by atoms with Gasteiger partial charge in [-0.15, -0.1) is 0 Å². The molecule has 0 radical (unpaired) electrons. The lowest BCUT2D eigenvalue weighted by molar-refractivity contribution is -0.0163. The first-order valence-electron chi connectivity index (χ1n) is 6.22. The zero-order valence-electron chi connectivity index (χ0n) is 11.7. The fourth-order valence-electron chi connectivity index (χ4n) is 1.76. The van der Waals surface area contributed by atoms with Crippen LogP contribution >= 0.6 is 0 Å². The van der Waals surface area contributed by atoms with E-state index in [1.165, 1.54) is 0 Å². The Morgan fingerprint density at radius 3 is 2.80 bits per heavy atom. The molecule has 1 aliphatic heterocycles. The maximum atomic E-state index is 11.8. The van der Waals surface area contributed by atoms with Gasteiger partial charge in [-0.1, -0.05) is 0 Å². The highest BCUT2D eigenvalue weighted by molar-refractivity contribution is 5.94. The Bertz CT molecular complexity index is 533. The number of anilines is 1. The van der Waals surface area contributed by atoms with Crippen molar-refractivity contribution in [2.24, 2.45) is 0 Å². The molecule has 6 nitrogen and oxygen atoms in total. The molecule has 0 atom stereocenters. The molecule has 20 heavy (non-hydrogen) atoms. The molecule has 2 rings (SSSR count). The number of aldehydes is 1. The smallest absolute Gasteiger partial charge is 0.412 e. The summed E-state index contributed by atoms with van der Waals surface area (Å²) in [5.41, 5.74) is 0.873. The van der Waals surface area contributed by atoms with Gasteiger partial charge in [0.05, 0.1) is 12.3 Å². The number of amides is 1. The van der Waals surface area contributed by atoms with Crippen LogP contribution in [-0.2, 0) is 16.1 Å². The van der Waals surface area contributed by atoms with Crippen LogP contribution in [0.15, 0.2) is 12.1 Å². The number of nitrogens with one attached hydrogen (secondary N) is 1. The average molecular weight is 279 g/mol. The van der Waals surface area contributed by atoms with E-state index in [9.17, 15) is 9.59 Å². The van der Waals surface area contributed by atoms with Gasteiger partial charge in [-0.05, 0) is 32.9 Å². The second-order valence-electron chi connectivity index (χ2n) is 5.40. The summed E-state index contributed by atoms with van der Waals surface area (Å²) in [6.07, 6.45) is 0.0458. The highest BCUT2D eigenvalue weighted by Gasteiger charge is 2.19. The molecule has 1 amide bonds. The van der Waals surface area contributed by atoms with Gasteiger partial charge in [0, 0.05) is 11.1 Å². The Morgan fingerprint density at radius 1 is 1.40 bits per heavy atom. The molecule has 0 fully saturated rings. The van der Waals surface area contributed by atoms with Crippen molar-refractivity contribution in [1.82, 2.24) is 0 Å². The Balaban J connectivity index is 2.22. The molecule has 1 aliphatic rings. The fourth-order valence-corrected chi connectivity index (χ4v) is 1.76. The third kappa shape index (κ3) is 3.48. The second-order valence-corrected chi connectivity index (χ2v) is 5.40. The van der Waals surface area contributed by atoms with E-state index in [1.54, 1.807) is 32.9 Å². The van der Waals surface area contributed by atoms with E-state index in [-0.39, 0.29) is 6.79 Å². The van der Waals surface area contributed by atoms with Gasteiger partial charge in [0.2, 0.25) is 0 Å². The van der Waals surface area contributed by atoms with Gasteiger partial charge < -0.3 is 14.2 Å². The SMILES string of the molecule is CC(C)(C)OC(=O)Nc1cc2c(cc1C=O)OCOC2. The van der Waals surface area contributed by atoms with Gasteiger partial charge in [-0.3, -0.25) is 10.1 Å². The molecule has 0 spiro atoms. The highest BCUT2D eigenvalue weighted by atomic mass is 16.7. The summed E-state index contributed by atoms with van der Waals surface area (Å²) < 4.78 is 15.6. The van der Waals surface area contributed by atoms with Crippen LogP contribution in [0.25, 0.3) is 0 Å². The van der Waals surface area contributed by atoms with Crippen LogP contribution in [0, 0.1) is 0 Å². The Labute approximate surface area is 117 Å². The van der Waals surface area contributed by atoms with Crippen molar-refractivity contribution in [2.75, 3.05) is 12.1 Å². The molecule has 0 unspecified atom stereocenters. The molecule has 6 heteroatoms. The van der Waals surface area contributed by atoms with Gasteiger partial charge in [0.1, 0.15) is 11.4 Å². The topological polar surface area (TPSA) is 73.9 Å². The Hall–Kier alpha value is -2.08. The first-order valence-corrected chi connectivity index (χ1v) is 6.22. The number of fused-ring (bicyclic) bond motifs is 1. The van der Waals surface area contributed by atoms with E-state index in [0.29, 0.717) is 29.9 Å². The molecule has 1 N–H and O–H groups in total. The minimum absolute atomic E-state index is 0.157. The van der Waals surface area contributed by atoms with Gasteiger partial charge in [0.15, 0.2) is 13.1 Å². The van der Waals surface area contributed by atoms with E-state index >= 15 is 0 Å². The number of hydrogen-bond acceptors (Lipinski definition) is 5. The third-order valence-corrected chi connectivity index (χ3v) is 2.55. The van der Waals surface area contributed by atoms with Crippen molar-refractivity contribution >= 4 is 18.1 Å². The van der Waals surface area contributed by atoms with E-state index in [4.69, 9.17) is 14.2 Å². The van der Waals surface area contributed by atoms with Crippen LogP contribution in [0.1, 0.15) is 36.7 Å². The number of carbonyl (C=O) groups excluding carboxylic acids is 2.